The molecule has 0 spiro atoms. The van der Waals surface area contributed by atoms with Crippen LogP contribution in [-0.4, -0.2) is 46.0 Å². The first-order chi connectivity index (χ1) is 9.90. The Morgan fingerprint density at radius 3 is 2.52 bits per heavy atom. The molecule has 1 atom stereocenters. The van der Waals surface area contributed by atoms with Crippen LogP contribution in [0, 0.1) is 5.92 Å². The normalized spacial score (nSPS) is 19.3. The van der Waals surface area contributed by atoms with E-state index in [0.29, 0.717) is 18.5 Å². The Kier molecular flexibility index (Phi) is 8.07. The summed E-state index contributed by atoms with van der Waals surface area (Å²) in [6.45, 7) is 2.56. The molecular formula is C15H31N3O2S. The van der Waals surface area contributed by atoms with Crippen molar-refractivity contribution in [3.8, 4) is 0 Å². The summed E-state index contributed by atoms with van der Waals surface area (Å²) in [7, 11) is -1.21. The maximum atomic E-state index is 11.1. The molecule has 0 amide bonds. The first-order valence-corrected chi connectivity index (χ1v) is 10.1. The molecule has 1 rings (SSSR count). The fraction of sp³-hybridized carbons (Fsp3) is 0.933. The summed E-state index contributed by atoms with van der Waals surface area (Å²) < 4.78 is 22.2. The smallest absolute Gasteiger partial charge is 0.191 e. The summed E-state index contributed by atoms with van der Waals surface area (Å²) in [5, 5.41) is 6.39. The Hall–Kier alpha value is -0.780. The van der Waals surface area contributed by atoms with Crippen LogP contribution in [0.3, 0.4) is 0 Å². The number of nitrogens with one attached hydrogen (secondary N) is 2. The van der Waals surface area contributed by atoms with Gasteiger partial charge in [0, 0.05) is 25.9 Å². The molecule has 124 valence electrons. The zero-order valence-electron chi connectivity index (χ0n) is 13.7. The van der Waals surface area contributed by atoms with Gasteiger partial charge in [-0.25, -0.2) is 8.42 Å². The predicted octanol–water partition coefficient (Wildman–Crippen LogP) is 1.94. The standard InChI is InChI=1S/C15H31N3O2S/c1-13(9-10-14-7-5-4-6-8-14)18-15(16-2)17-11-12-21(3,19)20/h13-14H,4-12H2,1-3H3,(H2,16,17,18). The SMILES string of the molecule is CN=C(NCCS(C)(=O)=O)NC(C)CCC1CCCCC1. The number of aliphatic imine (C=N–C) groups is 1. The quantitative estimate of drug-likeness (QED) is 0.556. The molecule has 0 aromatic rings. The molecule has 0 heterocycles. The topological polar surface area (TPSA) is 70.6 Å². The Balaban J connectivity index is 2.22. The van der Waals surface area contributed by atoms with Crippen molar-refractivity contribution in [2.45, 2.75) is 57.9 Å². The molecule has 21 heavy (non-hydrogen) atoms. The van der Waals surface area contributed by atoms with Gasteiger partial charge in [-0.15, -0.1) is 0 Å². The monoisotopic (exact) mass is 317 g/mol. The van der Waals surface area contributed by atoms with E-state index < -0.39 is 9.84 Å². The molecule has 0 aromatic heterocycles. The summed E-state index contributed by atoms with van der Waals surface area (Å²) in [6.07, 6.45) is 10.6. The van der Waals surface area contributed by atoms with Gasteiger partial charge in [0.05, 0.1) is 5.75 Å². The third kappa shape index (κ3) is 8.96. The van der Waals surface area contributed by atoms with Crippen molar-refractivity contribution in [2.75, 3.05) is 25.6 Å². The van der Waals surface area contributed by atoms with Crippen LogP contribution in [0.15, 0.2) is 4.99 Å². The molecule has 0 radical (unpaired) electrons. The summed E-state index contributed by atoms with van der Waals surface area (Å²) in [5.74, 6) is 1.71. The molecule has 5 nitrogen and oxygen atoms in total. The van der Waals surface area contributed by atoms with Crippen LogP contribution in [-0.2, 0) is 9.84 Å². The van der Waals surface area contributed by atoms with Gasteiger partial charge < -0.3 is 10.6 Å². The zero-order valence-corrected chi connectivity index (χ0v) is 14.5. The maximum Gasteiger partial charge on any atom is 0.191 e. The molecule has 0 aliphatic heterocycles. The summed E-state index contributed by atoms with van der Waals surface area (Å²) in [6, 6.07) is 0.358. The second-order valence-electron chi connectivity index (χ2n) is 6.26. The summed E-state index contributed by atoms with van der Waals surface area (Å²) in [4.78, 5) is 4.14. The van der Waals surface area contributed by atoms with Gasteiger partial charge in [0.25, 0.3) is 0 Å². The molecule has 1 fully saturated rings. The van der Waals surface area contributed by atoms with Crippen molar-refractivity contribution < 1.29 is 8.42 Å². The van der Waals surface area contributed by atoms with Gasteiger partial charge in [0.2, 0.25) is 0 Å². The van der Waals surface area contributed by atoms with Crippen molar-refractivity contribution in [1.82, 2.24) is 10.6 Å². The van der Waals surface area contributed by atoms with Crippen LogP contribution in [0.25, 0.3) is 0 Å². The number of nitrogens with zero attached hydrogens (tertiary/aromatic N) is 1. The second-order valence-corrected chi connectivity index (χ2v) is 8.52. The van der Waals surface area contributed by atoms with Crippen LogP contribution in [0.4, 0.5) is 0 Å². The Bertz CT molecular complexity index is 415. The summed E-state index contributed by atoms with van der Waals surface area (Å²) in [5.41, 5.74) is 0. The largest absolute Gasteiger partial charge is 0.355 e. The molecule has 1 unspecified atom stereocenters. The van der Waals surface area contributed by atoms with Crippen molar-refractivity contribution in [1.29, 1.82) is 0 Å². The number of guanidine groups is 1. The highest BCUT2D eigenvalue weighted by Gasteiger charge is 2.15. The Labute approximate surface area is 129 Å². The van der Waals surface area contributed by atoms with Gasteiger partial charge in [0.15, 0.2) is 5.96 Å². The Morgan fingerprint density at radius 1 is 1.29 bits per heavy atom. The van der Waals surface area contributed by atoms with Gasteiger partial charge in [-0.1, -0.05) is 32.1 Å². The number of rotatable bonds is 7. The van der Waals surface area contributed by atoms with E-state index in [1.165, 1.54) is 44.8 Å². The molecule has 6 heteroatoms. The van der Waals surface area contributed by atoms with Crippen LogP contribution in [0.5, 0.6) is 0 Å². The first kappa shape index (κ1) is 18.3. The fourth-order valence-corrected chi connectivity index (χ4v) is 3.29. The lowest BCUT2D eigenvalue weighted by atomic mass is 9.85. The second kappa shape index (κ2) is 9.28. The minimum absolute atomic E-state index is 0.129. The van der Waals surface area contributed by atoms with E-state index >= 15 is 0 Å². The summed E-state index contributed by atoms with van der Waals surface area (Å²) >= 11 is 0. The van der Waals surface area contributed by atoms with E-state index in [4.69, 9.17) is 0 Å². The van der Waals surface area contributed by atoms with E-state index in [1.807, 2.05) is 0 Å². The highest BCUT2D eigenvalue weighted by molar-refractivity contribution is 7.90. The molecule has 1 aliphatic carbocycles. The van der Waals surface area contributed by atoms with Crippen molar-refractivity contribution in [3.63, 3.8) is 0 Å². The van der Waals surface area contributed by atoms with Gasteiger partial charge in [-0.2, -0.15) is 0 Å². The Morgan fingerprint density at radius 2 is 1.95 bits per heavy atom. The van der Waals surface area contributed by atoms with E-state index in [0.717, 1.165) is 12.3 Å². The fourth-order valence-electron chi connectivity index (χ4n) is 2.82. The highest BCUT2D eigenvalue weighted by Crippen LogP contribution is 2.27. The third-order valence-corrected chi connectivity index (χ3v) is 5.05. The highest BCUT2D eigenvalue weighted by atomic mass is 32.2. The van der Waals surface area contributed by atoms with Crippen molar-refractivity contribution >= 4 is 15.8 Å². The number of hydrogen-bond acceptors (Lipinski definition) is 3. The van der Waals surface area contributed by atoms with Crippen LogP contribution in [0.1, 0.15) is 51.9 Å². The average Bonchev–Trinajstić information content (AvgIpc) is 2.44. The molecule has 2 N–H and O–H groups in total. The molecule has 0 aromatic carbocycles. The van der Waals surface area contributed by atoms with Gasteiger partial charge in [-0.05, 0) is 25.7 Å². The minimum atomic E-state index is -2.93. The molecular weight excluding hydrogens is 286 g/mol. The lowest BCUT2D eigenvalue weighted by Crippen LogP contribution is -2.43. The van der Waals surface area contributed by atoms with Crippen LogP contribution < -0.4 is 10.6 Å². The molecule has 0 saturated heterocycles. The van der Waals surface area contributed by atoms with E-state index in [1.54, 1.807) is 7.05 Å². The maximum absolute atomic E-state index is 11.1. The van der Waals surface area contributed by atoms with Gasteiger partial charge in [0.1, 0.15) is 9.84 Å². The van der Waals surface area contributed by atoms with Crippen LogP contribution >= 0.6 is 0 Å². The zero-order chi connectivity index (χ0) is 15.7. The lowest BCUT2D eigenvalue weighted by molar-refractivity contribution is 0.322. The predicted molar refractivity (Wildman–Crippen MR) is 89.5 cm³/mol. The van der Waals surface area contributed by atoms with Crippen molar-refractivity contribution in [3.05, 3.63) is 0 Å². The van der Waals surface area contributed by atoms with Crippen molar-refractivity contribution in [2.24, 2.45) is 10.9 Å². The number of hydrogen-bond donors (Lipinski definition) is 2. The lowest BCUT2D eigenvalue weighted by Gasteiger charge is -2.24. The molecule has 1 saturated carbocycles. The molecule has 0 bridgehead atoms. The van der Waals surface area contributed by atoms with E-state index in [9.17, 15) is 8.42 Å². The van der Waals surface area contributed by atoms with Crippen LogP contribution in [0.2, 0.25) is 0 Å². The first-order valence-electron chi connectivity index (χ1n) is 8.05. The average molecular weight is 317 g/mol. The minimum Gasteiger partial charge on any atom is -0.355 e. The van der Waals surface area contributed by atoms with E-state index in [2.05, 4.69) is 22.5 Å². The molecule has 1 aliphatic rings. The van der Waals surface area contributed by atoms with Gasteiger partial charge >= 0.3 is 0 Å². The van der Waals surface area contributed by atoms with E-state index in [-0.39, 0.29) is 5.75 Å². The third-order valence-electron chi connectivity index (χ3n) is 4.10. The number of sulfone groups is 1. The van der Waals surface area contributed by atoms with Gasteiger partial charge in [-0.3, -0.25) is 4.99 Å².